The topological polar surface area (TPSA) is 18.5 Å². The van der Waals surface area contributed by atoms with Gasteiger partial charge in [-0.2, -0.15) is 24.4 Å². The summed E-state index contributed by atoms with van der Waals surface area (Å²) in [6.07, 6.45) is 12.7. The van der Waals surface area contributed by atoms with Crippen LogP contribution in [-0.2, 0) is 9.47 Å². The van der Waals surface area contributed by atoms with Crippen molar-refractivity contribution in [3.05, 3.63) is 60.2 Å². The van der Waals surface area contributed by atoms with E-state index < -0.39 is 16.2 Å². The van der Waals surface area contributed by atoms with Crippen LogP contribution in [0.4, 0.5) is 12.7 Å². The lowest BCUT2D eigenvalue weighted by molar-refractivity contribution is -0.146. The van der Waals surface area contributed by atoms with Crippen LogP contribution in [0.1, 0.15) is 5.56 Å². The fourth-order valence-electron chi connectivity index (χ4n) is 1.99. The molecule has 0 aromatic heterocycles. The number of benzene rings is 1. The summed E-state index contributed by atoms with van der Waals surface area (Å²) in [5, 5.41) is -1.81. The average Bonchev–Trinajstić information content (AvgIpc) is 2.65. The van der Waals surface area contributed by atoms with Crippen LogP contribution in [0.2, 0.25) is 0 Å². The first-order valence-corrected chi connectivity index (χ1v) is 9.97. The van der Waals surface area contributed by atoms with E-state index >= 15 is 0 Å². The number of thioether (sulfide) groups is 1. The Morgan fingerprint density at radius 2 is 1.72 bits per heavy atom. The fourth-order valence-corrected chi connectivity index (χ4v) is 2.97. The highest BCUT2D eigenvalue weighted by atomic mass is 32.2. The van der Waals surface area contributed by atoms with E-state index in [1.54, 1.807) is 30.0 Å². The molecule has 0 radical (unpaired) electrons. The van der Waals surface area contributed by atoms with Gasteiger partial charge in [-0.05, 0) is 30.0 Å². The van der Waals surface area contributed by atoms with Gasteiger partial charge in [-0.1, -0.05) is 42.5 Å². The molecular weight excluding hydrogens is 369 g/mol. The van der Waals surface area contributed by atoms with Gasteiger partial charge in [0.05, 0.1) is 29.3 Å². The Kier molecular flexibility index (Phi) is 8.54. The van der Waals surface area contributed by atoms with Gasteiger partial charge in [0.1, 0.15) is 0 Å². The van der Waals surface area contributed by atoms with E-state index in [0.29, 0.717) is 18.5 Å². The Balaban J connectivity index is 1.80. The summed E-state index contributed by atoms with van der Waals surface area (Å²) in [5.41, 5.74) is 0.802. The third-order valence-corrected chi connectivity index (χ3v) is 5.23. The molecule has 1 aliphatic heterocycles. The first-order valence-electron chi connectivity index (χ1n) is 7.56. The summed E-state index contributed by atoms with van der Waals surface area (Å²) in [6.45, 7) is 1.36. The largest absolute Gasteiger partial charge is 0.348 e. The van der Waals surface area contributed by atoms with Gasteiger partial charge in [0.15, 0.2) is 6.29 Å². The number of halogens is 3. The summed E-state index contributed by atoms with van der Waals surface area (Å²) >= 11 is 1.73. The fraction of sp³-hybridized carbons (Fsp3) is 0.278. The quantitative estimate of drug-likeness (QED) is 0.366. The molecule has 0 N–H and O–H groups in total. The molecule has 1 saturated heterocycles. The summed E-state index contributed by atoms with van der Waals surface area (Å²) in [7, 11) is -2.60. The SMILES string of the molecule is CSC1COC(/C=C/C=C/C=C/c2ccc(S(F)=C(F)F)cc2)OC1. The summed E-state index contributed by atoms with van der Waals surface area (Å²) in [5.74, 6) is 0. The molecule has 0 bridgehead atoms. The van der Waals surface area contributed by atoms with Crippen molar-refractivity contribution in [2.24, 2.45) is 0 Å². The summed E-state index contributed by atoms with van der Waals surface area (Å²) in [6, 6.07) is 5.93. The third-order valence-electron chi connectivity index (χ3n) is 3.34. The standard InChI is InChI=1S/C18H19F3O2S2/c1-24-15-12-22-17(23-13-15)7-5-3-2-4-6-14-8-10-16(11-9-14)25(21)18(19)20/h2-11,15,17H,12-13H2,1H3/b3-2+,6-4+,7-5+. The van der Waals surface area contributed by atoms with E-state index in [1.165, 1.54) is 12.1 Å². The smallest absolute Gasteiger partial charge is 0.328 e. The van der Waals surface area contributed by atoms with E-state index in [9.17, 15) is 12.7 Å². The van der Waals surface area contributed by atoms with Crippen LogP contribution < -0.4 is 0 Å². The molecule has 2 rings (SSSR count). The highest BCUT2D eigenvalue weighted by Crippen LogP contribution is 2.30. The molecule has 1 heterocycles. The first-order chi connectivity index (χ1) is 12.1. The number of hydrogen-bond donors (Lipinski definition) is 0. The van der Waals surface area contributed by atoms with Gasteiger partial charge in [-0.25, -0.2) is 0 Å². The zero-order valence-corrected chi connectivity index (χ0v) is 15.2. The maximum absolute atomic E-state index is 13.2. The third kappa shape index (κ3) is 6.86. The number of rotatable bonds is 6. The van der Waals surface area contributed by atoms with E-state index in [1.807, 2.05) is 36.6 Å². The molecule has 1 fully saturated rings. The van der Waals surface area contributed by atoms with Gasteiger partial charge in [0, 0.05) is 4.90 Å². The van der Waals surface area contributed by atoms with Crippen LogP contribution in [-0.4, -0.2) is 36.4 Å². The highest BCUT2D eigenvalue weighted by Gasteiger charge is 2.18. The van der Waals surface area contributed by atoms with Crippen LogP contribution in [0.25, 0.3) is 6.08 Å². The van der Waals surface area contributed by atoms with Crippen molar-refractivity contribution in [1.82, 2.24) is 0 Å². The molecule has 1 aromatic carbocycles. The lowest BCUT2D eigenvalue weighted by Gasteiger charge is -2.26. The van der Waals surface area contributed by atoms with Gasteiger partial charge in [0.2, 0.25) is 0 Å². The second-order valence-corrected chi connectivity index (χ2v) is 7.50. The Labute approximate surface area is 152 Å². The highest BCUT2D eigenvalue weighted by molar-refractivity contribution is 8.11. The normalized spacial score (nSPS) is 22.9. The molecule has 1 atom stereocenters. The minimum Gasteiger partial charge on any atom is -0.348 e. The van der Waals surface area contributed by atoms with Gasteiger partial charge in [0.25, 0.3) is 0 Å². The molecule has 1 aliphatic rings. The van der Waals surface area contributed by atoms with Gasteiger partial charge >= 0.3 is 5.37 Å². The number of hydrogen-bond acceptors (Lipinski definition) is 3. The predicted octanol–water partition coefficient (Wildman–Crippen LogP) is 5.46. The van der Waals surface area contributed by atoms with Crippen LogP contribution in [0.5, 0.6) is 0 Å². The monoisotopic (exact) mass is 388 g/mol. The molecule has 2 nitrogen and oxygen atoms in total. The number of ether oxygens (including phenoxy) is 2. The Bertz CT molecular complexity index is 657. The van der Waals surface area contributed by atoms with Crippen molar-refractivity contribution in [2.75, 3.05) is 19.5 Å². The average molecular weight is 388 g/mol. The van der Waals surface area contributed by atoms with Crippen molar-refractivity contribution in [1.29, 1.82) is 0 Å². The Morgan fingerprint density at radius 3 is 2.32 bits per heavy atom. The molecule has 1 aromatic rings. The molecule has 25 heavy (non-hydrogen) atoms. The minimum atomic E-state index is -2.60. The molecule has 136 valence electrons. The van der Waals surface area contributed by atoms with Crippen molar-refractivity contribution >= 4 is 34.1 Å². The Morgan fingerprint density at radius 1 is 1.08 bits per heavy atom. The van der Waals surface area contributed by atoms with E-state index in [0.717, 1.165) is 5.56 Å². The minimum absolute atomic E-state index is 0.0215. The van der Waals surface area contributed by atoms with E-state index in [4.69, 9.17) is 9.47 Å². The molecule has 0 spiro atoms. The van der Waals surface area contributed by atoms with Crippen LogP contribution in [0.15, 0.2) is 59.5 Å². The van der Waals surface area contributed by atoms with Crippen LogP contribution in [0.3, 0.4) is 0 Å². The van der Waals surface area contributed by atoms with Crippen molar-refractivity contribution in [3.63, 3.8) is 0 Å². The van der Waals surface area contributed by atoms with Crippen molar-refractivity contribution in [2.45, 2.75) is 16.4 Å². The van der Waals surface area contributed by atoms with Crippen molar-refractivity contribution in [3.8, 4) is 0 Å². The molecule has 0 aliphatic carbocycles. The second kappa shape index (κ2) is 10.7. The molecule has 0 amide bonds. The summed E-state index contributed by atoms with van der Waals surface area (Å²) < 4.78 is 48.7. The maximum Gasteiger partial charge on any atom is 0.328 e. The molecule has 1 unspecified atom stereocenters. The van der Waals surface area contributed by atoms with Gasteiger partial charge in [-0.15, -0.1) is 0 Å². The maximum atomic E-state index is 13.2. The van der Waals surface area contributed by atoms with Crippen LogP contribution >= 0.6 is 22.6 Å². The van der Waals surface area contributed by atoms with E-state index in [2.05, 4.69) is 0 Å². The van der Waals surface area contributed by atoms with Gasteiger partial charge in [-0.3, -0.25) is 0 Å². The molecule has 0 saturated carbocycles. The van der Waals surface area contributed by atoms with Gasteiger partial charge < -0.3 is 9.47 Å². The molecular formula is C18H19F3O2S2. The van der Waals surface area contributed by atoms with Crippen molar-refractivity contribution < 1.29 is 22.1 Å². The predicted molar refractivity (Wildman–Crippen MR) is 101 cm³/mol. The summed E-state index contributed by atoms with van der Waals surface area (Å²) in [4.78, 5) is -0.0215. The number of allylic oxidation sites excluding steroid dienone is 4. The lowest BCUT2D eigenvalue weighted by atomic mass is 10.2. The molecule has 7 heteroatoms. The lowest BCUT2D eigenvalue weighted by Crippen LogP contribution is -2.32. The zero-order chi connectivity index (χ0) is 18.1. The van der Waals surface area contributed by atoms with E-state index in [-0.39, 0.29) is 11.2 Å². The second-order valence-electron chi connectivity index (χ2n) is 5.07. The zero-order valence-electron chi connectivity index (χ0n) is 13.6. The first kappa shape index (κ1) is 20.0. The Hall–Kier alpha value is -1.28. The van der Waals surface area contributed by atoms with Crippen LogP contribution in [0, 0.1) is 0 Å².